The molecule has 0 radical (unpaired) electrons. The Morgan fingerprint density at radius 2 is 2.06 bits per heavy atom. The number of ether oxygens (including phenoxy) is 1. The minimum absolute atomic E-state index is 0.0427. The number of hydrogen-bond acceptors (Lipinski definition) is 3. The molecule has 1 fully saturated rings. The third-order valence-corrected chi connectivity index (χ3v) is 2.61. The van der Waals surface area contributed by atoms with Gasteiger partial charge in [0.25, 0.3) is 5.91 Å². The maximum absolute atomic E-state index is 11.6. The second-order valence-electron chi connectivity index (χ2n) is 3.91. The van der Waals surface area contributed by atoms with Crippen molar-refractivity contribution in [3.05, 3.63) is 29.8 Å². The maximum atomic E-state index is 11.6. The van der Waals surface area contributed by atoms with Crippen LogP contribution in [0.25, 0.3) is 0 Å². The Labute approximate surface area is 99.2 Å². The molecule has 0 aliphatic carbocycles. The van der Waals surface area contributed by atoms with E-state index in [1.165, 1.54) is 0 Å². The molecule has 2 N–H and O–H groups in total. The molecule has 1 aromatic carbocycles. The van der Waals surface area contributed by atoms with Gasteiger partial charge in [-0.15, -0.1) is 0 Å². The molecule has 0 bridgehead atoms. The zero-order chi connectivity index (χ0) is 12.3. The van der Waals surface area contributed by atoms with Crippen LogP contribution in [-0.2, 0) is 20.7 Å². The van der Waals surface area contributed by atoms with Crippen LogP contribution in [0.2, 0.25) is 0 Å². The highest BCUT2D eigenvalue weighted by Crippen LogP contribution is 2.17. The van der Waals surface area contributed by atoms with E-state index in [2.05, 4.69) is 0 Å². The van der Waals surface area contributed by atoms with Gasteiger partial charge in [0.15, 0.2) is 0 Å². The molecule has 0 aromatic heterocycles. The molecule has 2 amide bonds. The van der Waals surface area contributed by atoms with E-state index in [0.29, 0.717) is 13.2 Å². The highest BCUT2D eigenvalue weighted by atomic mass is 16.5. The number of benzene rings is 1. The second-order valence-corrected chi connectivity index (χ2v) is 3.91. The van der Waals surface area contributed by atoms with Crippen molar-refractivity contribution in [3.63, 3.8) is 0 Å². The first-order valence-corrected chi connectivity index (χ1v) is 5.42. The minimum atomic E-state index is -0.361. The Kier molecular flexibility index (Phi) is 3.39. The van der Waals surface area contributed by atoms with Gasteiger partial charge >= 0.3 is 0 Å². The van der Waals surface area contributed by atoms with Crippen molar-refractivity contribution in [2.24, 2.45) is 5.73 Å². The van der Waals surface area contributed by atoms with Crippen LogP contribution in [0.4, 0.5) is 5.69 Å². The zero-order valence-corrected chi connectivity index (χ0v) is 9.39. The lowest BCUT2D eigenvalue weighted by Crippen LogP contribution is -2.41. The van der Waals surface area contributed by atoms with Gasteiger partial charge in [0.1, 0.15) is 6.61 Å². The summed E-state index contributed by atoms with van der Waals surface area (Å²) in [5.74, 6) is -0.404. The molecule has 0 saturated carbocycles. The van der Waals surface area contributed by atoms with Crippen molar-refractivity contribution in [2.75, 3.05) is 24.7 Å². The molecule has 0 spiro atoms. The SMILES string of the molecule is NC(=O)Cc1ccc(N2CCOCC2=O)cc1. The molecule has 5 nitrogen and oxygen atoms in total. The van der Waals surface area contributed by atoms with Crippen molar-refractivity contribution in [3.8, 4) is 0 Å². The van der Waals surface area contributed by atoms with Gasteiger partial charge in [0.2, 0.25) is 5.91 Å². The number of rotatable bonds is 3. The van der Waals surface area contributed by atoms with Gasteiger partial charge < -0.3 is 15.4 Å². The number of morpholine rings is 1. The van der Waals surface area contributed by atoms with Crippen LogP contribution in [0.1, 0.15) is 5.56 Å². The average molecular weight is 234 g/mol. The van der Waals surface area contributed by atoms with Gasteiger partial charge in [-0.2, -0.15) is 0 Å². The molecule has 1 aromatic rings. The Balaban J connectivity index is 2.11. The Morgan fingerprint density at radius 1 is 1.35 bits per heavy atom. The molecular formula is C12H14N2O3. The van der Waals surface area contributed by atoms with Crippen LogP contribution in [-0.4, -0.2) is 31.6 Å². The highest BCUT2D eigenvalue weighted by Gasteiger charge is 2.19. The van der Waals surface area contributed by atoms with Crippen LogP contribution in [0.3, 0.4) is 0 Å². The number of carbonyl (C=O) groups is 2. The van der Waals surface area contributed by atoms with E-state index in [4.69, 9.17) is 10.5 Å². The van der Waals surface area contributed by atoms with E-state index in [0.717, 1.165) is 11.3 Å². The topological polar surface area (TPSA) is 72.6 Å². The number of carbonyl (C=O) groups excluding carboxylic acids is 2. The van der Waals surface area contributed by atoms with Gasteiger partial charge in [-0.05, 0) is 17.7 Å². The lowest BCUT2D eigenvalue weighted by molar-refractivity contribution is -0.125. The monoisotopic (exact) mass is 234 g/mol. The fourth-order valence-electron chi connectivity index (χ4n) is 1.79. The van der Waals surface area contributed by atoms with Crippen molar-refractivity contribution < 1.29 is 14.3 Å². The number of anilines is 1. The molecule has 0 unspecified atom stereocenters. The quantitative estimate of drug-likeness (QED) is 0.804. The summed E-state index contributed by atoms with van der Waals surface area (Å²) >= 11 is 0. The summed E-state index contributed by atoms with van der Waals surface area (Å²) in [5.41, 5.74) is 6.78. The largest absolute Gasteiger partial charge is 0.370 e. The Morgan fingerprint density at radius 3 is 2.65 bits per heavy atom. The molecule has 1 saturated heterocycles. The first-order valence-electron chi connectivity index (χ1n) is 5.42. The van der Waals surface area contributed by atoms with Crippen molar-refractivity contribution in [2.45, 2.75) is 6.42 Å². The zero-order valence-electron chi connectivity index (χ0n) is 9.39. The van der Waals surface area contributed by atoms with Gasteiger partial charge in [-0.3, -0.25) is 9.59 Å². The van der Waals surface area contributed by atoms with Gasteiger partial charge in [0, 0.05) is 12.2 Å². The standard InChI is InChI=1S/C12H14N2O3/c13-11(15)7-9-1-3-10(4-2-9)14-5-6-17-8-12(14)16/h1-4H,5-8H2,(H2,13,15). The first-order chi connectivity index (χ1) is 8.16. The summed E-state index contributed by atoms with van der Waals surface area (Å²) in [6.07, 6.45) is 0.220. The fourth-order valence-corrected chi connectivity index (χ4v) is 1.79. The number of hydrogen-bond donors (Lipinski definition) is 1. The Bertz CT molecular complexity index is 428. The van der Waals surface area contributed by atoms with Crippen LogP contribution in [0.15, 0.2) is 24.3 Å². The Hall–Kier alpha value is -1.88. The molecule has 5 heteroatoms. The van der Waals surface area contributed by atoms with Crippen LogP contribution >= 0.6 is 0 Å². The molecule has 0 atom stereocenters. The predicted octanol–water partition coefficient (Wildman–Crippen LogP) is 0.0776. The lowest BCUT2D eigenvalue weighted by atomic mass is 10.1. The number of primary amides is 1. The summed E-state index contributed by atoms with van der Waals surface area (Å²) in [6.45, 7) is 1.24. The van der Waals surface area contributed by atoms with Gasteiger partial charge in [-0.1, -0.05) is 12.1 Å². The van der Waals surface area contributed by atoms with Gasteiger partial charge in [0.05, 0.1) is 13.0 Å². The summed E-state index contributed by atoms with van der Waals surface area (Å²) in [4.78, 5) is 24.0. The van der Waals surface area contributed by atoms with E-state index < -0.39 is 0 Å². The smallest absolute Gasteiger partial charge is 0.253 e. The van der Waals surface area contributed by atoms with E-state index in [1.807, 2.05) is 24.3 Å². The van der Waals surface area contributed by atoms with Crippen LogP contribution in [0, 0.1) is 0 Å². The molecule has 1 aliphatic heterocycles. The van der Waals surface area contributed by atoms with Crippen LogP contribution in [0.5, 0.6) is 0 Å². The summed E-state index contributed by atoms with van der Waals surface area (Å²) < 4.78 is 5.06. The lowest BCUT2D eigenvalue weighted by Gasteiger charge is -2.26. The summed E-state index contributed by atoms with van der Waals surface area (Å²) in [5, 5.41) is 0. The molecule has 2 rings (SSSR count). The summed E-state index contributed by atoms with van der Waals surface area (Å²) in [7, 11) is 0. The van der Waals surface area contributed by atoms with E-state index in [9.17, 15) is 9.59 Å². The van der Waals surface area contributed by atoms with Crippen molar-refractivity contribution in [1.82, 2.24) is 0 Å². The van der Waals surface area contributed by atoms with Crippen molar-refractivity contribution in [1.29, 1.82) is 0 Å². The predicted molar refractivity (Wildman–Crippen MR) is 62.5 cm³/mol. The van der Waals surface area contributed by atoms with Crippen LogP contribution < -0.4 is 10.6 Å². The van der Waals surface area contributed by atoms with E-state index in [1.54, 1.807) is 4.90 Å². The molecule has 1 aliphatic rings. The molecule has 90 valence electrons. The molecular weight excluding hydrogens is 220 g/mol. The summed E-state index contributed by atoms with van der Waals surface area (Å²) in [6, 6.07) is 7.26. The molecule has 17 heavy (non-hydrogen) atoms. The minimum Gasteiger partial charge on any atom is -0.370 e. The molecule has 1 heterocycles. The number of amides is 2. The van der Waals surface area contributed by atoms with Gasteiger partial charge in [-0.25, -0.2) is 0 Å². The highest BCUT2D eigenvalue weighted by molar-refractivity contribution is 5.94. The number of nitrogens with two attached hydrogens (primary N) is 1. The van der Waals surface area contributed by atoms with Crippen molar-refractivity contribution >= 4 is 17.5 Å². The maximum Gasteiger partial charge on any atom is 0.253 e. The average Bonchev–Trinajstić information content (AvgIpc) is 2.30. The van der Waals surface area contributed by atoms with E-state index in [-0.39, 0.29) is 24.8 Å². The fraction of sp³-hybridized carbons (Fsp3) is 0.333. The number of nitrogens with zero attached hydrogens (tertiary/aromatic N) is 1. The third kappa shape index (κ3) is 2.82. The third-order valence-electron chi connectivity index (χ3n) is 2.61. The first kappa shape index (κ1) is 11.6. The van der Waals surface area contributed by atoms with E-state index >= 15 is 0 Å². The normalized spacial score (nSPS) is 16.0. The second kappa shape index (κ2) is 4.97.